The maximum atomic E-state index is 12.2. The Balaban J connectivity index is 4.62. The van der Waals surface area contributed by atoms with Crippen molar-refractivity contribution in [3.05, 3.63) is 0 Å². The van der Waals surface area contributed by atoms with E-state index in [1.54, 1.807) is 0 Å². The average Bonchev–Trinajstić information content (AvgIpc) is 2.21. The zero-order valence-corrected chi connectivity index (χ0v) is 10.6. The van der Waals surface area contributed by atoms with Crippen LogP contribution in [0.15, 0.2) is 0 Å². The third-order valence-corrected chi connectivity index (χ3v) is 4.77. The first-order chi connectivity index (χ1) is 7.60. The number of carbonyl (C=O) groups excluding carboxylic acids is 1. The van der Waals surface area contributed by atoms with Crippen molar-refractivity contribution in [3.63, 3.8) is 0 Å². The smallest absolute Gasteiger partial charge is 0.324 e. The maximum Gasteiger partial charge on any atom is 0.324 e. The van der Waals surface area contributed by atoms with Gasteiger partial charge >= 0.3 is 16.2 Å². The largest absolute Gasteiger partial charge is 0.452 e. The Bertz CT molecular complexity index is 513. The lowest BCUT2D eigenvalue weighted by Gasteiger charge is -2.10. The number of esters is 1. The van der Waals surface area contributed by atoms with Crippen LogP contribution in [0, 0.1) is 12.3 Å². The summed E-state index contributed by atoms with van der Waals surface area (Å²) in [4.78, 5) is 11.1. The summed E-state index contributed by atoms with van der Waals surface area (Å²) in [6.45, 7) is 0.624. The number of hydrogen-bond acceptors (Lipinski definition) is 6. The lowest BCUT2D eigenvalue weighted by molar-refractivity contribution is -0.141. The van der Waals surface area contributed by atoms with Crippen molar-refractivity contribution in [1.29, 1.82) is 0 Å². The topological polar surface area (TPSA) is 94.6 Å². The van der Waals surface area contributed by atoms with E-state index in [9.17, 15) is 25.5 Å². The van der Waals surface area contributed by atoms with E-state index in [1.807, 2.05) is 5.92 Å². The molecule has 6 nitrogen and oxygen atoms in total. The highest BCUT2D eigenvalue weighted by molar-refractivity contribution is 7.94. The van der Waals surface area contributed by atoms with Crippen LogP contribution in [0.1, 0.15) is 6.92 Å². The zero-order valence-electron chi connectivity index (χ0n) is 8.92. The van der Waals surface area contributed by atoms with Crippen LogP contribution in [-0.2, 0) is 29.6 Å². The minimum absolute atomic E-state index is 0.389. The van der Waals surface area contributed by atoms with E-state index in [1.165, 1.54) is 0 Å². The molecule has 9 heteroatoms. The summed E-state index contributed by atoms with van der Waals surface area (Å²) in [7, 11) is -8.98. The van der Waals surface area contributed by atoms with Gasteiger partial charge in [-0.05, 0) is 6.92 Å². The lowest BCUT2D eigenvalue weighted by Crippen LogP contribution is -2.32. The molecule has 17 heavy (non-hydrogen) atoms. The third-order valence-electron chi connectivity index (χ3n) is 1.78. The van der Waals surface area contributed by atoms with Crippen LogP contribution in [0.2, 0.25) is 0 Å². The summed E-state index contributed by atoms with van der Waals surface area (Å²) in [5.74, 6) is -1.31. The maximum absolute atomic E-state index is 12.2. The fraction of sp³-hybridized carbons (Fsp3) is 0.625. The molecule has 0 aliphatic rings. The van der Waals surface area contributed by atoms with E-state index in [0.29, 0.717) is 0 Å². The van der Waals surface area contributed by atoms with Gasteiger partial charge in [0.1, 0.15) is 0 Å². The van der Waals surface area contributed by atoms with Crippen LogP contribution in [0.25, 0.3) is 0 Å². The second kappa shape index (κ2) is 5.97. The second-order valence-electron chi connectivity index (χ2n) is 3.06. The molecule has 0 aromatic carbocycles. The molecule has 1 atom stereocenters. The fourth-order valence-electron chi connectivity index (χ4n) is 0.769. The number of hydrogen-bond donors (Lipinski definition) is 0. The zero-order chi connectivity index (χ0) is 13.7. The molecule has 0 aliphatic heterocycles. The Morgan fingerprint density at radius 2 is 1.88 bits per heavy atom. The third kappa shape index (κ3) is 6.23. The van der Waals surface area contributed by atoms with E-state index < -0.39 is 42.8 Å². The van der Waals surface area contributed by atoms with Gasteiger partial charge in [-0.25, -0.2) is 8.42 Å². The molecule has 0 aromatic heterocycles. The van der Waals surface area contributed by atoms with E-state index in [-0.39, 0.29) is 6.61 Å². The van der Waals surface area contributed by atoms with Gasteiger partial charge in [-0.15, -0.1) is 10.3 Å². The normalized spacial score (nSPS) is 13.7. The van der Waals surface area contributed by atoms with Crippen molar-refractivity contribution >= 4 is 26.0 Å². The van der Waals surface area contributed by atoms with Crippen LogP contribution in [0.4, 0.5) is 3.89 Å². The van der Waals surface area contributed by atoms with Gasteiger partial charge in [0.2, 0.25) is 0 Å². The van der Waals surface area contributed by atoms with E-state index in [0.717, 1.165) is 6.92 Å². The second-order valence-corrected chi connectivity index (χ2v) is 6.99. The molecule has 0 heterocycles. The van der Waals surface area contributed by atoms with E-state index in [2.05, 4.69) is 4.74 Å². The quantitative estimate of drug-likeness (QED) is 0.363. The molecule has 0 aromatic rings. The molecule has 0 saturated heterocycles. The molecule has 0 saturated carbocycles. The van der Waals surface area contributed by atoms with Crippen molar-refractivity contribution in [2.75, 3.05) is 18.1 Å². The van der Waals surface area contributed by atoms with Crippen LogP contribution in [-0.4, -0.2) is 46.2 Å². The molecular formula is C8H11FO6S2. The van der Waals surface area contributed by atoms with Gasteiger partial charge in [0.25, 0.3) is 0 Å². The Morgan fingerprint density at radius 1 is 1.35 bits per heavy atom. The molecule has 1 unspecified atom stereocenters. The summed E-state index contributed by atoms with van der Waals surface area (Å²) < 4.78 is 59.7. The Morgan fingerprint density at radius 3 is 2.29 bits per heavy atom. The molecule has 0 N–H and O–H groups in total. The number of rotatable bonds is 6. The summed E-state index contributed by atoms with van der Waals surface area (Å²) in [5, 5.41) is -1.59. The van der Waals surface area contributed by atoms with Crippen LogP contribution >= 0.6 is 0 Å². The first kappa shape index (κ1) is 15.9. The molecule has 0 amide bonds. The Labute approximate surface area is 99.3 Å². The molecule has 0 rings (SSSR count). The van der Waals surface area contributed by atoms with E-state index >= 15 is 0 Å². The van der Waals surface area contributed by atoms with Gasteiger partial charge in [-0.2, -0.15) is 8.42 Å². The molecular weight excluding hydrogens is 275 g/mol. The van der Waals surface area contributed by atoms with Gasteiger partial charge in [0.15, 0.2) is 21.7 Å². The van der Waals surface area contributed by atoms with Crippen LogP contribution in [0.3, 0.4) is 0 Å². The monoisotopic (exact) mass is 286 g/mol. The summed E-state index contributed by atoms with van der Waals surface area (Å²) in [6, 6.07) is 0. The van der Waals surface area contributed by atoms with Crippen molar-refractivity contribution in [2.45, 2.75) is 12.2 Å². The summed E-state index contributed by atoms with van der Waals surface area (Å²) in [6.07, 6.45) is 4.80. The highest BCUT2D eigenvalue weighted by Gasteiger charge is 2.30. The highest BCUT2D eigenvalue weighted by Crippen LogP contribution is 2.06. The summed E-state index contributed by atoms with van der Waals surface area (Å²) >= 11 is 0. The minimum Gasteiger partial charge on any atom is -0.452 e. The van der Waals surface area contributed by atoms with Gasteiger partial charge in [0, 0.05) is 0 Å². The van der Waals surface area contributed by atoms with Gasteiger partial charge < -0.3 is 4.74 Å². The summed E-state index contributed by atoms with van der Waals surface area (Å²) in [5.41, 5.74) is 0. The fourth-order valence-corrected chi connectivity index (χ4v) is 3.21. The average molecular weight is 286 g/mol. The minimum atomic E-state index is -4.90. The molecule has 0 bridgehead atoms. The van der Waals surface area contributed by atoms with Crippen molar-refractivity contribution < 1.29 is 30.3 Å². The number of halogens is 1. The molecule has 0 aliphatic carbocycles. The van der Waals surface area contributed by atoms with Crippen LogP contribution < -0.4 is 0 Å². The van der Waals surface area contributed by atoms with Crippen LogP contribution in [0.5, 0.6) is 0 Å². The highest BCUT2D eigenvalue weighted by atomic mass is 32.3. The van der Waals surface area contributed by atoms with Crippen molar-refractivity contribution in [1.82, 2.24) is 0 Å². The number of ether oxygens (including phenoxy) is 1. The van der Waals surface area contributed by atoms with Gasteiger partial charge in [-0.3, -0.25) is 4.79 Å². The Kier molecular flexibility index (Phi) is 5.57. The van der Waals surface area contributed by atoms with Crippen molar-refractivity contribution in [2.24, 2.45) is 0 Å². The first-order valence-electron chi connectivity index (χ1n) is 4.34. The number of sulfone groups is 1. The van der Waals surface area contributed by atoms with Gasteiger partial charge in [-0.1, -0.05) is 5.92 Å². The molecule has 0 fully saturated rings. The Hall–Kier alpha value is -1.14. The SMILES string of the molecule is C#CCOC(=O)C(C)S(=O)(=O)CCS(=O)(=O)F. The molecule has 0 spiro atoms. The predicted molar refractivity (Wildman–Crippen MR) is 57.9 cm³/mol. The first-order valence-corrected chi connectivity index (χ1v) is 7.61. The predicted octanol–water partition coefficient (Wildman–Crippen LogP) is -0.735. The lowest BCUT2D eigenvalue weighted by atomic mass is 10.5. The number of carbonyl (C=O) groups is 1. The standard InChI is InChI=1S/C8H11FO6S2/c1-3-4-15-8(10)7(2)16(11,12)5-6-17(9,13)14/h1,7H,4-6H2,2H3. The van der Waals surface area contributed by atoms with Gasteiger partial charge in [0.05, 0.1) is 11.5 Å². The molecule has 0 radical (unpaired) electrons. The molecule has 98 valence electrons. The van der Waals surface area contributed by atoms with Crippen molar-refractivity contribution in [3.8, 4) is 12.3 Å². The van der Waals surface area contributed by atoms with E-state index in [4.69, 9.17) is 6.42 Å². The number of terminal acetylenes is 1.